The van der Waals surface area contributed by atoms with Gasteiger partial charge in [-0.05, 0) is 73.9 Å². The van der Waals surface area contributed by atoms with E-state index in [0.29, 0.717) is 13.2 Å². The van der Waals surface area contributed by atoms with E-state index < -0.39 is 0 Å². The molecule has 2 aromatic rings. The minimum absolute atomic E-state index is 0.000357. The predicted molar refractivity (Wildman–Crippen MR) is 113 cm³/mol. The lowest BCUT2D eigenvalue weighted by molar-refractivity contribution is -0.121. The first-order valence-corrected chi connectivity index (χ1v) is 10.6. The van der Waals surface area contributed by atoms with Crippen LogP contribution in [0, 0.1) is 0 Å². The first-order chi connectivity index (χ1) is 14.1. The molecule has 0 bridgehead atoms. The van der Waals surface area contributed by atoms with Gasteiger partial charge in [-0.3, -0.25) is 4.79 Å². The summed E-state index contributed by atoms with van der Waals surface area (Å²) >= 11 is 0. The smallest absolute Gasteiger partial charge is 0.234 e. The van der Waals surface area contributed by atoms with Gasteiger partial charge in [-0.15, -0.1) is 0 Å². The van der Waals surface area contributed by atoms with E-state index in [1.54, 1.807) is 0 Å². The number of ether oxygens (including phenoxy) is 2. The third-order valence-electron chi connectivity index (χ3n) is 5.89. The number of rotatable bonds is 6. The zero-order chi connectivity index (χ0) is 20.2. The number of benzene rings is 2. The Bertz CT molecular complexity index is 880. The molecule has 2 aromatic carbocycles. The lowest BCUT2D eigenvalue weighted by Crippen LogP contribution is -2.36. The monoisotopic (exact) mass is 394 g/mol. The molecule has 1 heterocycles. The number of carbonyl (C=O) groups is 1. The predicted octanol–water partition coefficient (Wildman–Crippen LogP) is 3.86. The number of amides is 1. The zero-order valence-electron chi connectivity index (χ0n) is 17.3. The molecule has 2 atom stereocenters. The van der Waals surface area contributed by atoms with E-state index in [1.165, 1.54) is 36.0 Å². The number of fused-ring (bicyclic) bond motifs is 2. The molecule has 0 radical (unpaired) electrons. The van der Waals surface area contributed by atoms with E-state index in [9.17, 15) is 4.79 Å². The molecule has 0 unspecified atom stereocenters. The average Bonchev–Trinajstić information content (AvgIpc) is 2.76. The molecule has 1 aliphatic carbocycles. The summed E-state index contributed by atoms with van der Waals surface area (Å²) in [5.74, 6) is 1.55. The topological polar surface area (TPSA) is 59.6 Å². The van der Waals surface area contributed by atoms with Gasteiger partial charge < -0.3 is 20.1 Å². The summed E-state index contributed by atoms with van der Waals surface area (Å²) in [7, 11) is 0. The molecule has 29 heavy (non-hydrogen) atoms. The summed E-state index contributed by atoms with van der Waals surface area (Å²) in [6, 6.07) is 12.6. The minimum Gasteiger partial charge on any atom is -0.486 e. The second kappa shape index (κ2) is 8.87. The molecule has 1 aliphatic heterocycles. The lowest BCUT2D eigenvalue weighted by atomic mass is 9.89. The van der Waals surface area contributed by atoms with Crippen molar-refractivity contribution in [3.8, 4) is 11.5 Å². The highest BCUT2D eigenvalue weighted by molar-refractivity contribution is 5.78. The molecule has 5 heteroatoms. The Kier molecular flexibility index (Phi) is 6.05. The van der Waals surface area contributed by atoms with Crippen molar-refractivity contribution in [1.82, 2.24) is 10.6 Å². The minimum atomic E-state index is -0.000357. The van der Waals surface area contributed by atoms with Crippen LogP contribution >= 0.6 is 0 Å². The standard InChI is InChI=1S/C24H30N2O3/c1-16(20-9-10-22-23(14-20)29-12-11-28-22)25-15-24(27)26-17(2)19-8-7-18-5-3-4-6-21(18)13-19/h7-10,13-14,16-17,25H,3-6,11-12,15H2,1-2H3,(H,26,27)/t16-,17-/m0/s1. The highest BCUT2D eigenvalue weighted by atomic mass is 16.6. The van der Waals surface area contributed by atoms with Gasteiger partial charge in [0.25, 0.3) is 0 Å². The molecular weight excluding hydrogens is 364 g/mol. The highest BCUT2D eigenvalue weighted by Crippen LogP contribution is 2.32. The average molecular weight is 395 g/mol. The van der Waals surface area contributed by atoms with Gasteiger partial charge in [-0.2, -0.15) is 0 Å². The van der Waals surface area contributed by atoms with E-state index in [2.05, 4.69) is 28.8 Å². The molecule has 1 amide bonds. The highest BCUT2D eigenvalue weighted by Gasteiger charge is 2.17. The zero-order valence-corrected chi connectivity index (χ0v) is 17.3. The number of hydrogen-bond acceptors (Lipinski definition) is 4. The van der Waals surface area contributed by atoms with Crippen LogP contribution in [-0.2, 0) is 17.6 Å². The first kappa shape index (κ1) is 19.8. The molecule has 0 aromatic heterocycles. The molecule has 0 spiro atoms. The van der Waals surface area contributed by atoms with Gasteiger partial charge in [0.1, 0.15) is 13.2 Å². The van der Waals surface area contributed by atoms with Gasteiger partial charge in [0, 0.05) is 6.04 Å². The Hall–Kier alpha value is -2.53. The Labute approximate surface area is 172 Å². The summed E-state index contributed by atoms with van der Waals surface area (Å²) in [5, 5.41) is 6.42. The Morgan fingerprint density at radius 2 is 1.59 bits per heavy atom. The van der Waals surface area contributed by atoms with Crippen molar-refractivity contribution in [3.63, 3.8) is 0 Å². The summed E-state index contributed by atoms with van der Waals surface area (Å²) in [6.45, 7) is 5.52. The lowest BCUT2D eigenvalue weighted by Gasteiger charge is -2.22. The number of aryl methyl sites for hydroxylation is 2. The van der Waals surface area contributed by atoms with Crippen molar-refractivity contribution >= 4 is 5.91 Å². The molecule has 154 valence electrons. The molecule has 2 N–H and O–H groups in total. The summed E-state index contributed by atoms with van der Waals surface area (Å²) in [4.78, 5) is 12.5. The summed E-state index contributed by atoms with van der Waals surface area (Å²) < 4.78 is 11.2. The van der Waals surface area contributed by atoms with Crippen LogP contribution in [0.3, 0.4) is 0 Å². The van der Waals surface area contributed by atoms with Crippen LogP contribution < -0.4 is 20.1 Å². The van der Waals surface area contributed by atoms with E-state index >= 15 is 0 Å². The number of nitrogens with one attached hydrogen (secondary N) is 2. The maximum absolute atomic E-state index is 12.5. The maximum Gasteiger partial charge on any atom is 0.234 e. The quantitative estimate of drug-likeness (QED) is 0.781. The molecule has 4 rings (SSSR count). The first-order valence-electron chi connectivity index (χ1n) is 10.6. The molecule has 0 saturated carbocycles. The van der Waals surface area contributed by atoms with Gasteiger partial charge in [0.05, 0.1) is 12.6 Å². The number of carbonyl (C=O) groups excluding carboxylic acids is 1. The van der Waals surface area contributed by atoms with Gasteiger partial charge in [0.2, 0.25) is 5.91 Å². The fourth-order valence-electron chi connectivity index (χ4n) is 4.09. The molecular formula is C24H30N2O3. The third kappa shape index (κ3) is 4.73. The van der Waals surface area contributed by atoms with Crippen LogP contribution in [0.25, 0.3) is 0 Å². The fraction of sp³-hybridized carbons (Fsp3) is 0.458. The van der Waals surface area contributed by atoms with Crippen LogP contribution in [0.2, 0.25) is 0 Å². The second-order valence-electron chi connectivity index (χ2n) is 8.03. The van der Waals surface area contributed by atoms with Crippen molar-refractivity contribution < 1.29 is 14.3 Å². The summed E-state index contributed by atoms with van der Waals surface area (Å²) in [6.07, 6.45) is 4.88. The fourth-order valence-corrected chi connectivity index (χ4v) is 4.09. The van der Waals surface area contributed by atoms with Crippen LogP contribution in [0.5, 0.6) is 11.5 Å². The third-order valence-corrected chi connectivity index (χ3v) is 5.89. The van der Waals surface area contributed by atoms with E-state index in [-0.39, 0.29) is 24.5 Å². The Morgan fingerprint density at radius 1 is 0.897 bits per heavy atom. The molecule has 5 nitrogen and oxygen atoms in total. The molecule has 0 saturated heterocycles. The van der Waals surface area contributed by atoms with Gasteiger partial charge >= 0.3 is 0 Å². The SMILES string of the molecule is C[C@H](NCC(=O)N[C@@H](C)c1ccc2c(c1)CCCC2)c1ccc2c(c1)OCCO2. The second-order valence-corrected chi connectivity index (χ2v) is 8.03. The summed E-state index contributed by atoms with van der Waals surface area (Å²) in [5.41, 5.74) is 5.16. The Morgan fingerprint density at radius 3 is 2.41 bits per heavy atom. The van der Waals surface area contributed by atoms with E-state index in [4.69, 9.17) is 9.47 Å². The maximum atomic E-state index is 12.5. The van der Waals surface area contributed by atoms with Gasteiger partial charge in [-0.25, -0.2) is 0 Å². The normalized spacial score (nSPS) is 17.2. The van der Waals surface area contributed by atoms with Crippen LogP contribution in [0.15, 0.2) is 36.4 Å². The van der Waals surface area contributed by atoms with Gasteiger partial charge in [0.15, 0.2) is 11.5 Å². The van der Waals surface area contributed by atoms with Crippen molar-refractivity contribution in [3.05, 3.63) is 58.7 Å². The molecule has 2 aliphatic rings. The van der Waals surface area contributed by atoms with Crippen LogP contribution in [0.1, 0.15) is 61.0 Å². The van der Waals surface area contributed by atoms with Crippen molar-refractivity contribution in [1.29, 1.82) is 0 Å². The van der Waals surface area contributed by atoms with E-state index in [1.807, 2.05) is 32.0 Å². The van der Waals surface area contributed by atoms with Crippen LogP contribution in [0.4, 0.5) is 0 Å². The van der Waals surface area contributed by atoms with Crippen molar-refractivity contribution in [2.45, 2.75) is 51.6 Å². The van der Waals surface area contributed by atoms with Crippen LogP contribution in [-0.4, -0.2) is 25.7 Å². The largest absolute Gasteiger partial charge is 0.486 e. The van der Waals surface area contributed by atoms with Gasteiger partial charge in [-0.1, -0.05) is 24.3 Å². The van der Waals surface area contributed by atoms with E-state index in [0.717, 1.165) is 23.5 Å². The molecule has 0 fully saturated rings. The van der Waals surface area contributed by atoms with Crippen molar-refractivity contribution in [2.24, 2.45) is 0 Å². The Balaban J connectivity index is 1.30. The number of hydrogen-bond donors (Lipinski definition) is 2. The van der Waals surface area contributed by atoms with Crippen molar-refractivity contribution in [2.75, 3.05) is 19.8 Å².